The molecule has 10 heteroatoms. The monoisotopic (exact) mass is 468 g/mol. The van der Waals surface area contributed by atoms with Gasteiger partial charge in [0.2, 0.25) is 0 Å². The molecular weight excluding hydrogens is 451 g/mol. The summed E-state index contributed by atoms with van der Waals surface area (Å²) in [5.41, 5.74) is -0.379. The number of alkyl halides is 3. The molecule has 2 aromatic heterocycles. The number of carbonyl (C=O) groups excluding carboxylic acids is 1. The summed E-state index contributed by atoms with van der Waals surface area (Å²) < 4.78 is 42.1. The first-order valence-corrected chi connectivity index (χ1v) is 9.87. The number of halogens is 4. The predicted molar refractivity (Wildman–Crippen MR) is 104 cm³/mol. The van der Waals surface area contributed by atoms with Gasteiger partial charge in [-0.3, -0.25) is 4.79 Å². The average molecular weight is 469 g/mol. The van der Waals surface area contributed by atoms with Gasteiger partial charge in [-0.15, -0.1) is 0 Å². The zero-order valence-electron chi connectivity index (χ0n) is 15.5. The molecule has 6 nitrogen and oxygen atoms in total. The maximum atomic E-state index is 13.8. The predicted octanol–water partition coefficient (Wildman–Crippen LogP) is 2.15. The number of likely N-dealkylation sites (N-methyl/N-ethyl adjacent to an activating group) is 1. The number of carbonyl (C=O) groups is 1. The van der Waals surface area contributed by atoms with Crippen molar-refractivity contribution in [3.8, 4) is 11.3 Å². The van der Waals surface area contributed by atoms with Crippen LogP contribution in [0.25, 0.3) is 16.9 Å². The molecule has 152 valence electrons. The zero-order chi connectivity index (χ0) is 20.8. The topological polar surface area (TPSA) is 54.9 Å². The molecule has 0 bridgehead atoms. The van der Waals surface area contributed by atoms with Crippen LogP contribution >= 0.6 is 15.9 Å². The van der Waals surface area contributed by atoms with Gasteiger partial charge in [0.1, 0.15) is 0 Å². The van der Waals surface area contributed by atoms with Crippen molar-refractivity contribution in [2.45, 2.75) is 6.18 Å². The molecule has 3 aromatic rings. The van der Waals surface area contributed by atoms with Crippen molar-refractivity contribution < 1.29 is 22.9 Å². The molecule has 0 atom stereocenters. The highest BCUT2D eigenvalue weighted by molar-refractivity contribution is 9.10. The molecule has 0 aliphatic carbocycles. The molecule has 0 unspecified atom stereocenters. The molecular formula is C19H18BrF3N5O+. The lowest BCUT2D eigenvalue weighted by Crippen LogP contribution is -3.12. The van der Waals surface area contributed by atoms with Crippen LogP contribution in [0.5, 0.6) is 0 Å². The summed E-state index contributed by atoms with van der Waals surface area (Å²) >= 11 is 3.27. The average Bonchev–Trinajstić information content (AvgIpc) is 3.04. The molecule has 0 saturated carbocycles. The second-order valence-corrected chi connectivity index (χ2v) is 7.83. The minimum Gasteiger partial charge on any atom is -0.334 e. The molecule has 0 spiro atoms. The fraction of sp³-hybridized carbons (Fsp3) is 0.316. The summed E-state index contributed by atoms with van der Waals surface area (Å²) in [4.78, 5) is 20.2. The molecule has 1 N–H and O–H groups in total. The van der Waals surface area contributed by atoms with E-state index in [2.05, 4.69) is 26.0 Å². The van der Waals surface area contributed by atoms with Crippen LogP contribution in [-0.4, -0.2) is 58.6 Å². The van der Waals surface area contributed by atoms with Crippen LogP contribution in [0.1, 0.15) is 16.2 Å². The largest absolute Gasteiger partial charge is 0.433 e. The second-order valence-electron chi connectivity index (χ2n) is 7.04. The molecule has 1 aliphatic heterocycles. The number of fused-ring (bicyclic) bond motifs is 1. The Labute approximate surface area is 173 Å². The van der Waals surface area contributed by atoms with Crippen molar-refractivity contribution in [3.63, 3.8) is 0 Å². The van der Waals surface area contributed by atoms with E-state index in [-0.39, 0.29) is 21.5 Å². The Bertz CT molecular complexity index is 1060. The molecule has 1 saturated heterocycles. The molecule has 0 radical (unpaired) electrons. The lowest BCUT2D eigenvalue weighted by atomic mass is 10.1. The Balaban J connectivity index is 1.85. The third kappa shape index (κ3) is 3.74. The normalized spacial score (nSPS) is 15.8. The number of nitrogens with one attached hydrogen (secondary N) is 1. The molecule has 4 rings (SSSR count). The van der Waals surface area contributed by atoms with Gasteiger partial charge in [0.05, 0.1) is 43.4 Å². The van der Waals surface area contributed by atoms with Crippen molar-refractivity contribution >= 4 is 27.5 Å². The number of amides is 1. The van der Waals surface area contributed by atoms with E-state index >= 15 is 0 Å². The third-order valence-electron chi connectivity index (χ3n) is 5.00. The van der Waals surface area contributed by atoms with Crippen molar-refractivity contribution in [1.29, 1.82) is 0 Å². The van der Waals surface area contributed by atoms with E-state index in [1.165, 1.54) is 4.90 Å². The fourth-order valence-corrected chi connectivity index (χ4v) is 3.83. The summed E-state index contributed by atoms with van der Waals surface area (Å²) in [6, 6.07) is 9.55. The Morgan fingerprint density at radius 1 is 1.17 bits per heavy atom. The summed E-state index contributed by atoms with van der Waals surface area (Å²) in [5.74, 6) is -0.399. The summed E-state index contributed by atoms with van der Waals surface area (Å²) in [5, 5.41) is 4.00. The van der Waals surface area contributed by atoms with Crippen molar-refractivity contribution in [2.24, 2.45) is 0 Å². The van der Waals surface area contributed by atoms with Gasteiger partial charge in [0, 0.05) is 5.56 Å². The van der Waals surface area contributed by atoms with Crippen LogP contribution < -0.4 is 4.90 Å². The minimum atomic E-state index is -4.66. The van der Waals surface area contributed by atoms with Gasteiger partial charge in [-0.25, -0.2) is 9.50 Å². The number of piperazine rings is 1. The number of hydrogen-bond donors (Lipinski definition) is 1. The molecule has 3 heterocycles. The number of quaternary nitrogens is 1. The highest BCUT2D eigenvalue weighted by Gasteiger charge is 2.37. The van der Waals surface area contributed by atoms with Crippen LogP contribution in [0.3, 0.4) is 0 Å². The fourth-order valence-electron chi connectivity index (χ4n) is 3.33. The van der Waals surface area contributed by atoms with Crippen LogP contribution in [-0.2, 0) is 6.18 Å². The quantitative estimate of drug-likeness (QED) is 0.626. The van der Waals surface area contributed by atoms with Crippen LogP contribution in [0.2, 0.25) is 0 Å². The van der Waals surface area contributed by atoms with Gasteiger partial charge < -0.3 is 9.80 Å². The number of aromatic nitrogens is 3. The van der Waals surface area contributed by atoms with Gasteiger partial charge >= 0.3 is 6.18 Å². The first kappa shape index (κ1) is 19.8. The molecule has 1 amide bonds. The van der Waals surface area contributed by atoms with Crippen molar-refractivity contribution in [2.75, 3.05) is 33.2 Å². The Hall–Kier alpha value is -2.46. The summed E-state index contributed by atoms with van der Waals surface area (Å²) in [6.45, 7) is 2.61. The van der Waals surface area contributed by atoms with E-state index < -0.39 is 17.8 Å². The molecule has 1 fully saturated rings. The van der Waals surface area contributed by atoms with Crippen molar-refractivity contribution in [1.82, 2.24) is 19.5 Å². The Morgan fingerprint density at radius 3 is 2.45 bits per heavy atom. The number of rotatable bonds is 2. The van der Waals surface area contributed by atoms with E-state index in [0.29, 0.717) is 23.2 Å². The SMILES string of the molecule is C[NH+]1CCN(C(=O)c2nn3c(C(F)(F)F)cc(-c4ccccc4)nc3c2Br)CC1. The van der Waals surface area contributed by atoms with Crippen molar-refractivity contribution in [3.05, 3.63) is 52.3 Å². The maximum Gasteiger partial charge on any atom is 0.433 e. The molecule has 29 heavy (non-hydrogen) atoms. The van der Waals surface area contributed by atoms with Gasteiger partial charge in [0.15, 0.2) is 17.0 Å². The first-order chi connectivity index (χ1) is 13.8. The Kier molecular flexibility index (Phi) is 5.07. The van der Waals surface area contributed by atoms with Gasteiger partial charge in [-0.2, -0.15) is 18.3 Å². The highest BCUT2D eigenvalue weighted by atomic mass is 79.9. The van der Waals surface area contributed by atoms with E-state index in [1.807, 2.05) is 7.05 Å². The highest BCUT2D eigenvalue weighted by Crippen LogP contribution is 2.34. The lowest BCUT2D eigenvalue weighted by molar-refractivity contribution is -0.883. The maximum absolute atomic E-state index is 13.8. The van der Waals surface area contributed by atoms with Crippen LogP contribution in [0.4, 0.5) is 13.2 Å². The van der Waals surface area contributed by atoms with E-state index in [0.717, 1.165) is 19.2 Å². The van der Waals surface area contributed by atoms with E-state index in [9.17, 15) is 18.0 Å². The smallest absolute Gasteiger partial charge is 0.334 e. The lowest BCUT2D eigenvalue weighted by Gasteiger charge is -2.29. The van der Waals surface area contributed by atoms with Crippen LogP contribution in [0, 0.1) is 0 Å². The number of hydrogen-bond acceptors (Lipinski definition) is 3. The van der Waals surface area contributed by atoms with Gasteiger partial charge in [-0.05, 0) is 22.0 Å². The number of nitrogens with zero attached hydrogens (tertiary/aromatic N) is 4. The summed E-state index contributed by atoms with van der Waals surface area (Å²) in [6.07, 6.45) is -4.66. The second kappa shape index (κ2) is 7.42. The summed E-state index contributed by atoms with van der Waals surface area (Å²) in [7, 11) is 2.04. The Morgan fingerprint density at radius 2 is 1.83 bits per heavy atom. The number of benzene rings is 1. The van der Waals surface area contributed by atoms with Crippen LogP contribution in [0.15, 0.2) is 40.9 Å². The minimum absolute atomic E-state index is 0.0400. The zero-order valence-corrected chi connectivity index (χ0v) is 17.1. The molecule has 1 aliphatic rings. The third-order valence-corrected chi connectivity index (χ3v) is 5.73. The molecule has 1 aromatic carbocycles. The van der Waals surface area contributed by atoms with Gasteiger partial charge in [0.25, 0.3) is 5.91 Å². The van der Waals surface area contributed by atoms with E-state index in [1.54, 1.807) is 35.2 Å². The standard InChI is InChI=1S/C19H17BrF3N5O/c1-26-7-9-27(10-8-26)18(29)16-15(20)17-24-13(12-5-3-2-4-6-12)11-14(19(21,22)23)28(17)25-16/h2-6,11H,7-10H2,1H3/p+1. The van der Waals surface area contributed by atoms with E-state index in [4.69, 9.17) is 0 Å². The van der Waals surface area contributed by atoms with Gasteiger partial charge in [-0.1, -0.05) is 30.3 Å². The first-order valence-electron chi connectivity index (χ1n) is 9.08.